The number of anilines is 1. The lowest BCUT2D eigenvalue weighted by Gasteiger charge is -2.12. The van der Waals surface area contributed by atoms with Gasteiger partial charge >= 0.3 is 0 Å². The molecule has 0 fully saturated rings. The summed E-state index contributed by atoms with van der Waals surface area (Å²) in [7, 11) is 1.81. The molecule has 1 amide bonds. The number of carbonyl (C=O) groups is 1. The molecule has 0 spiro atoms. The van der Waals surface area contributed by atoms with E-state index in [1.165, 1.54) is 0 Å². The number of hydrogen-bond donors (Lipinski definition) is 2. The van der Waals surface area contributed by atoms with Crippen LogP contribution >= 0.6 is 11.6 Å². The summed E-state index contributed by atoms with van der Waals surface area (Å²) in [5.74, 6) is 0.590. The van der Waals surface area contributed by atoms with Crippen molar-refractivity contribution in [1.82, 2.24) is 5.32 Å². The van der Waals surface area contributed by atoms with Crippen molar-refractivity contribution in [3.63, 3.8) is 0 Å². The smallest absolute Gasteiger partial charge is 0.225 e. The normalized spacial score (nSPS) is 10.2. The Kier molecular flexibility index (Phi) is 6.54. The quantitative estimate of drug-likeness (QED) is 0.801. The van der Waals surface area contributed by atoms with E-state index in [1.54, 1.807) is 18.2 Å². The average molecular weight is 271 g/mol. The third-order valence-corrected chi connectivity index (χ3v) is 2.51. The number of halogens is 1. The van der Waals surface area contributed by atoms with E-state index in [1.807, 2.05) is 14.0 Å². The van der Waals surface area contributed by atoms with Crippen LogP contribution in [0.4, 0.5) is 5.69 Å². The number of carbonyl (C=O) groups excluding carboxylic acids is 1. The standard InChI is InChI=1S/C13H19ClN2O2/c1-3-8-18-12-5-4-10(14)9-11(12)16-13(17)6-7-15-2/h4-5,9,15H,3,6-8H2,1-2H3,(H,16,17). The van der Waals surface area contributed by atoms with Crippen molar-refractivity contribution in [2.24, 2.45) is 0 Å². The third kappa shape index (κ3) is 4.94. The highest BCUT2D eigenvalue weighted by molar-refractivity contribution is 6.31. The summed E-state index contributed by atoms with van der Waals surface area (Å²) in [5.41, 5.74) is 0.622. The molecule has 1 rings (SSSR count). The fourth-order valence-electron chi connectivity index (χ4n) is 1.39. The monoisotopic (exact) mass is 270 g/mol. The predicted molar refractivity (Wildman–Crippen MR) is 74.4 cm³/mol. The van der Waals surface area contributed by atoms with Gasteiger partial charge in [0.05, 0.1) is 12.3 Å². The van der Waals surface area contributed by atoms with E-state index in [0.717, 1.165) is 6.42 Å². The van der Waals surface area contributed by atoms with Gasteiger partial charge in [-0.15, -0.1) is 0 Å². The van der Waals surface area contributed by atoms with Gasteiger partial charge in [0.25, 0.3) is 0 Å². The first-order chi connectivity index (χ1) is 8.67. The van der Waals surface area contributed by atoms with Crippen LogP contribution in [0.5, 0.6) is 5.75 Å². The van der Waals surface area contributed by atoms with Crippen LogP contribution in [0.3, 0.4) is 0 Å². The molecule has 0 saturated carbocycles. The molecule has 0 atom stereocenters. The molecule has 1 aromatic rings. The molecule has 0 aliphatic rings. The minimum atomic E-state index is -0.0621. The molecule has 1 aromatic carbocycles. The summed E-state index contributed by atoms with van der Waals surface area (Å²) in [4.78, 5) is 11.7. The number of rotatable bonds is 7. The van der Waals surface area contributed by atoms with Crippen molar-refractivity contribution in [3.05, 3.63) is 23.2 Å². The maximum atomic E-state index is 11.7. The summed E-state index contributed by atoms with van der Waals surface area (Å²) in [6.45, 7) is 3.28. The molecule has 0 unspecified atom stereocenters. The molecule has 4 nitrogen and oxygen atoms in total. The Labute approximate surface area is 113 Å². The number of nitrogens with one attached hydrogen (secondary N) is 2. The van der Waals surface area contributed by atoms with Gasteiger partial charge in [0.15, 0.2) is 0 Å². The van der Waals surface area contributed by atoms with Gasteiger partial charge < -0.3 is 15.4 Å². The highest BCUT2D eigenvalue weighted by Crippen LogP contribution is 2.28. The fourth-order valence-corrected chi connectivity index (χ4v) is 1.56. The molecular weight excluding hydrogens is 252 g/mol. The van der Waals surface area contributed by atoms with Crippen molar-refractivity contribution < 1.29 is 9.53 Å². The maximum absolute atomic E-state index is 11.7. The first-order valence-corrected chi connectivity index (χ1v) is 6.42. The molecule has 0 aromatic heterocycles. The van der Waals surface area contributed by atoms with E-state index in [2.05, 4.69) is 10.6 Å². The zero-order chi connectivity index (χ0) is 13.4. The molecular formula is C13H19ClN2O2. The van der Waals surface area contributed by atoms with Gasteiger partial charge in [0.1, 0.15) is 5.75 Å². The molecule has 0 radical (unpaired) electrons. The first kappa shape index (κ1) is 14.8. The Morgan fingerprint density at radius 1 is 1.44 bits per heavy atom. The summed E-state index contributed by atoms with van der Waals surface area (Å²) < 4.78 is 5.56. The average Bonchev–Trinajstić information content (AvgIpc) is 2.35. The Balaban J connectivity index is 2.71. The minimum absolute atomic E-state index is 0.0621. The molecule has 0 bridgehead atoms. The second-order valence-electron chi connectivity index (χ2n) is 3.89. The molecule has 100 valence electrons. The van der Waals surface area contributed by atoms with Crippen molar-refractivity contribution in [1.29, 1.82) is 0 Å². The van der Waals surface area contributed by atoms with Crippen LogP contribution in [0.1, 0.15) is 19.8 Å². The molecule has 0 heterocycles. The molecule has 18 heavy (non-hydrogen) atoms. The second-order valence-corrected chi connectivity index (χ2v) is 4.33. The summed E-state index contributed by atoms with van der Waals surface area (Å²) in [5, 5.41) is 6.31. The minimum Gasteiger partial charge on any atom is -0.491 e. The molecule has 5 heteroatoms. The highest BCUT2D eigenvalue weighted by atomic mass is 35.5. The summed E-state index contributed by atoms with van der Waals surface area (Å²) in [6, 6.07) is 5.21. The van der Waals surface area contributed by atoms with Crippen molar-refractivity contribution >= 4 is 23.2 Å². The van der Waals surface area contributed by atoms with Gasteiger partial charge in [-0.3, -0.25) is 4.79 Å². The van der Waals surface area contributed by atoms with Gasteiger partial charge in [-0.25, -0.2) is 0 Å². The SMILES string of the molecule is CCCOc1ccc(Cl)cc1NC(=O)CCNC. The van der Waals surface area contributed by atoms with Gasteiger partial charge in [0.2, 0.25) is 5.91 Å². The van der Waals surface area contributed by atoms with E-state index < -0.39 is 0 Å². The topological polar surface area (TPSA) is 50.4 Å². The van der Waals surface area contributed by atoms with Crippen LogP contribution in [0, 0.1) is 0 Å². The lowest BCUT2D eigenvalue weighted by atomic mass is 10.2. The Hall–Kier alpha value is -1.26. The van der Waals surface area contributed by atoms with Crippen LogP contribution in [-0.2, 0) is 4.79 Å². The highest BCUT2D eigenvalue weighted by Gasteiger charge is 2.08. The lowest BCUT2D eigenvalue weighted by Crippen LogP contribution is -2.19. The van der Waals surface area contributed by atoms with Gasteiger partial charge in [0, 0.05) is 18.0 Å². The zero-order valence-corrected chi connectivity index (χ0v) is 11.5. The zero-order valence-electron chi connectivity index (χ0n) is 10.8. The fraction of sp³-hybridized carbons (Fsp3) is 0.462. The number of amides is 1. The number of benzene rings is 1. The Morgan fingerprint density at radius 3 is 2.89 bits per heavy atom. The van der Waals surface area contributed by atoms with E-state index in [0.29, 0.717) is 36.0 Å². The predicted octanol–water partition coefficient (Wildman–Crippen LogP) is 2.68. The summed E-state index contributed by atoms with van der Waals surface area (Å²) >= 11 is 5.92. The van der Waals surface area contributed by atoms with Crippen LogP contribution in [0.15, 0.2) is 18.2 Å². The van der Waals surface area contributed by atoms with E-state index >= 15 is 0 Å². The maximum Gasteiger partial charge on any atom is 0.225 e. The van der Waals surface area contributed by atoms with E-state index in [4.69, 9.17) is 16.3 Å². The van der Waals surface area contributed by atoms with Crippen molar-refractivity contribution in [2.45, 2.75) is 19.8 Å². The van der Waals surface area contributed by atoms with E-state index in [9.17, 15) is 4.79 Å². The molecule has 2 N–H and O–H groups in total. The molecule has 0 saturated heterocycles. The van der Waals surface area contributed by atoms with Gasteiger partial charge in [-0.05, 0) is 31.7 Å². The van der Waals surface area contributed by atoms with Crippen molar-refractivity contribution in [3.8, 4) is 5.75 Å². The Bertz CT molecular complexity index is 397. The van der Waals surface area contributed by atoms with E-state index in [-0.39, 0.29) is 5.91 Å². The number of ether oxygens (including phenoxy) is 1. The molecule has 0 aliphatic heterocycles. The lowest BCUT2D eigenvalue weighted by molar-refractivity contribution is -0.116. The van der Waals surface area contributed by atoms with Crippen molar-refractivity contribution in [2.75, 3.05) is 25.5 Å². The largest absolute Gasteiger partial charge is 0.491 e. The third-order valence-electron chi connectivity index (χ3n) is 2.28. The first-order valence-electron chi connectivity index (χ1n) is 6.04. The summed E-state index contributed by atoms with van der Waals surface area (Å²) in [6.07, 6.45) is 1.33. The Morgan fingerprint density at radius 2 is 2.22 bits per heavy atom. The van der Waals surface area contributed by atoms with Crippen LogP contribution in [0.25, 0.3) is 0 Å². The van der Waals surface area contributed by atoms with Gasteiger partial charge in [-0.2, -0.15) is 0 Å². The van der Waals surface area contributed by atoms with Crippen LogP contribution in [0.2, 0.25) is 5.02 Å². The van der Waals surface area contributed by atoms with Gasteiger partial charge in [-0.1, -0.05) is 18.5 Å². The number of hydrogen-bond acceptors (Lipinski definition) is 3. The van der Waals surface area contributed by atoms with Crippen LogP contribution in [-0.4, -0.2) is 26.1 Å². The molecule has 0 aliphatic carbocycles. The van der Waals surface area contributed by atoms with Crippen LogP contribution < -0.4 is 15.4 Å². The second kappa shape index (κ2) is 7.95.